The molecule has 75 valence electrons. The van der Waals surface area contributed by atoms with Gasteiger partial charge in [0.15, 0.2) is 0 Å². The fraction of sp³-hybridized carbons (Fsp3) is 0.0769. The van der Waals surface area contributed by atoms with Gasteiger partial charge in [0.1, 0.15) is 0 Å². The molecule has 0 amide bonds. The van der Waals surface area contributed by atoms with E-state index in [2.05, 4.69) is 30.4 Å². The molecule has 0 heterocycles. The van der Waals surface area contributed by atoms with Gasteiger partial charge >= 0.3 is 0 Å². The number of hydrogen-bond donors (Lipinski definition) is 0. The SMILES string of the molecule is C1=C[c-]2cccc2C1.[V].[cH-]1[cH-][cH-][cH-][cH-]1. The van der Waals surface area contributed by atoms with E-state index in [1.54, 1.807) is 0 Å². The Morgan fingerprint density at radius 2 is 1.71 bits per heavy atom. The second-order valence-corrected chi connectivity index (χ2v) is 3.08. The predicted octanol–water partition coefficient (Wildman–Crippen LogP) is 3.38. The summed E-state index contributed by atoms with van der Waals surface area (Å²) in [6.07, 6.45) is 5.52. The van der Waals surface area contributed by atoms with Crippen molar-refractivity contribution in [2.24, 2.45) is 0 Å². The van der Waals surface area contributed by atoms with E-state index in [9.17, 15) is 0 Å². The van der Waals surface area contributed by atoms with Gasteiger partial charge in [0.05, 0.1) is 0 Å². The van der Waals surface area contributed by atoms with Gasteiger partial charge in [0.25, 0.3) is 0 Å². The van der Waals surface area contributed by atoms with Crippen LogP contribution < -0.4 is 0 Å². The molecule has 0 nitrogen and oxygen atoms in total. The molecule has 0 saturated heterocycles. The largest absolute Gasteiger partial charge is 0.748 e. The van der Waals surface area contributed by atoms with Gasteiger partial charge in [-0.05, 0) is 0 Å². The third-order valence-corrected chi connectivity index (χ3v) is 2.13. The zero-order chi connectivity index (χ0) is 8.93. The molecule has 14 heavy (non-hydrogen) atoms. The first kappa shape index (κ1) is 11.1. The van der Waals surface area contributed by atoms with Gasteiger partial charge in [-0.1, -0.05) is 6.42 Å². The molecule has 2 aromatic carbocycles. The van der Waals surface area contributed by atoms with Crippen LogP contribution in [0.3, 0.4) is 0 Å². The summed E-state index contributed by atoms with van der Waals surface area (Å²) in [6.45, 7) is 0. The summed E-state index contributed by atoms with van der Waals surface area (Å²) in [5.41, 5.74) is 2.88. The third kappa shape index (κ3) is 2.76. The third-order valence-electron chi connectivity index (χ3n) is 2.13. The van der Waals surface area contributed by atoms with Gasteiger partial charge in [-0.2, -0.15) is 18.2 Å². The van der Waals surface area contributed by atoms with Crippen LogP contribution in [0.4, 0.5) is 0 Å². The van der Waals surface area contributed by atoms with E-state index in [0.717, 1.165) is 6.42 Å². The van der Waals surface area contributed by atoms with Gasteiger partial charge in [-0.25, -0.2) is 0 Å². The molecule has 0 aromatic heterocycles. The molecule has 1 aliphatic rings. The molecule has 0 saturated carbocycles. The minimum Gasteiger partial charge on any atom is -0.748 e. The van der Waals surface area contributed by atoms with Gasteiger partial charge in [0, 0.05) is 18.6 Å². The van der Waals surface area contributed by atoms with Gasteiger partial charge in [-0.3, -0.25) is 0 Å². The van der Waals surface area contributed by atoms with Crippen molar-refractivity contribution in [3.05, 3.63) is 65.7 Å². The Kier molecular flexibility index (Phi) is 4.51. The quantitative estimate of drug-likeness (QED) is 0.596. The maximum atomic E-state index is 2.20. The second kappa shape index (κ2) is 5.69. The minimum absolute atomic E-state index is 0. The fourth-order valence-corrected chi connectivity index (χ4v) is 1.45. The van der Waals surface area contributed by atoms with E-state index in [0.29, 0.717) is 0 Å². The first-order chi connectivity index (χ1) is 6.47. The molecular weight excluding hydrogens is 207 g/mol. The average Bonchev–Trinajstić information content (AvgIpc) is 2.84. The molecule has 2 aromatic rings. The Labute approximate surface area is 96.9 Å². The van der Waals surface area contributed by atoms with Crippen LogP contribution in [0.1, 0.15) is 11.1 Å². The Morgan fingerprint density at radius 3 is 2.29 bits per heavy atom. The van der Waals surface area contributed by atoms with Crippen molar-refractivity contribution in [2.75, 3.05) is 0 Å². The Balaban J connectivity index is 0.000000144. The van der Waals surface area contributed by atoms with E-state index in [-0.39, 0.29) is 18.6 Å². The van der Waals surface area contributed by atoms with Crippen molar-refractivity contribution in [1.29, 1.82) is 0 Å². The van der Waals surface area contributed by atoms with Gasteiger partial charge in [-0.15, -0.1) is 23.3 Å². The van der Waals surface area contributed by atoms with Crippen molar-refractivity contribution in [2.45, 2.75) is 6.42 Å². The van der Waals surface area contributed by atoms with E-state index >= 15 is 0 Å². The number of rotatable bonds is 0. The maximum Gasteiger partial charge on any atom is 0 e. The first-order valence-corrected chi connectivity index (χ1v) is 4.54. The molecule has 0 aliphatic heterocycles. The van der Waals surface area contributed by atoms with E-state index < -0.39 is 0 Å². The zero-order valence-corrected chi connectivity index (χ0v) is 9.32. The molecule has 1 heteroatoms. The number of hydrogen-bond acceptors (Lipinski definition) is 0. The maximum absolute atomic E-state index is 2.20. The van der Waals surface area contributed by atoms with Crippen molar-refractivity contribution in [1.82, 2.24) is 0 Å². The van der Waals surface area contributed by atoms with Crippen LogP contribution >= 0.6 is 0 Å². The van der Waals surface area contributed by atoms with Crippen LogP contribution in [0.5, 0.6) is 0 Å². The van der Waals surface area contributed by atoms with E-state index in [1.165, 1.54) is 11.1 Å². The van der Waals surface area contributed by atoms with Gasteiger partial charge in [0.2, 0.25) is 0 Å². The van der Waals surface area contributed by atoms with Crippen LogP contribution in [-0.2, 0) is 25.0 Å². The summed E-state index contributed by atoms with van der Waals surface area (Å²) >= 11 is 0. The van der Waals surface area contributed by atoms with E-state index in [1.807, 2.05) is 30.3 Å². The molecule has 0 atom stereocenters. The summed E-state index contributed by atoms with van der Waals surface area (Å²) in [4.78, 5) is 0. The second-order valence-electron chi connectivity index (χ2n) is 3.08. The minimum atomic E-state index is 0. The fourth-order valence-electron chi connectivity index (χ4n) is 1.45. The van der Waals surface area contributed by atoms with Crippen LogP contribution in [0.15, 0.2) is 54.6 Å². The van der Waals surface area contributed by atoms with Crippen LogP contribution in [-0.4, -0.2) is 0 Å². The molecule has 1 radical (unpaired) electrons. The molecule has 1 aliphatic carbocycles. The first-order valence-electron chi connectivity index (χ1n) is 4.54. The van der Waals surface area contributed by atoms with E-state index in [4.69, 9.17) is 0 Å². The van der Waals surface area contributed by atoms with Crippen LogP contribution in [0.2, 0.25) is 0 Å². The molecular formula is C13H12V-6. The topological polar surface area (TPSA) is 0 Å². The number of fused-ring (bicyclic) bond motifs is 1. The Bertz CT molecular complexity index is 348. The molecule has 3 rings (SSSR count). The van der Waals surface area contributed by atoms with Crippen LogP contribution in [0.25, 0.3) is 6.08 Å². The van der Waals surface area contributed by atoms with Crippen molar-refractivity contribution in [3.63, 3.8) is 0 Å². The summed E-state index contributed by atoms with van der Waals surface area (Å²) < 4.78 is 0. The van der Waals surface area contributed by atoms with Crippen molar-refractivity contribution >= 4 is 6.08 Å². The molecule has 0 spiro atoms. The Morgan fingerprint density at radius 1 is 1.07 bits per heavy atom. The van der Waals surface area contributed by atoms with Gasteiger partial charge < -0.3 is 30.3 Å². The van der Waals surface area contributed by atoms with Crippen LogP contribution in [0, 0.1) is 0 Å². The van der Waals surface area contributed by atoms with Crippen molar-refractivity contribution in [3.8, 4) is 0 Å². The smallest absolute Gasteiger partial charge is 0 e. The molecule has 0 N–H and O–H groups in total. The Hall–Kier alpha value is -0.976. The average molecular weight is 219 g/mol. The summed E-state index contributed by atoms with van der Waals surface area (Å²) in [5, 5.41) is 0. The molecule has 0 bridgehead atoms. The standard InChI is InChI=1S/C8H7.C5H5.V/c1-3-7-5-2-6-8(7)4-1;1-2-4-5-3-1;/h1-5H,6H2;1-5H;/q-1;-5;. The number of allylic oxidation sites excluding steroid dienone is 1. The summed E-state index contributed by atoms with van der Waals surface area (Å²) in [6, 6.07) is 16.4. The zero-order valence-electron chi connectivity index (χ0n) is 7.93. The monoisotopic (exact) mass is 219 g/mol. The normalized spacial score (nSPS) is 11.1. The molecule has 0 unspecified atom stereocenters. The summed E-state index contributed by atoms with van der Waals surface area (Å²) in [7, 11) is 0. The van der Waals surface area contributed by atoms with Crippen molar-refractivity contribution < 1.29 is 18.6 Å². The molecule has 0 fully saturated rings. The predicted molar refractivity (Wildman–Crippen MR) is 56.8 cm³/mol. The summed E-state index contributed by atoms with van der Waals surface area (Å²) in [5.74, 6) is 0.